The van der Waals surface area contributed by atoms with Crippen LogP contribution in [-0.4, -0.2) is 54.1 Å². The Kier molecular flexibility index (Phi) is 5.00. The van der Waals surface area contributed by atoms with Crippen LogP contribution in [0.25, 0.3) is 0 Å². The van der Waals surface area contributed by atoms with Gasteiger partial charge in [0.15, 0.2) is 0 Å². The van der Waals surface area contributed by atoms with Gasteiger partial charge in [-0.15, -0.1) is 0 Å². The highest BCUT2D eigenvalue weighted by Crippen LogP contribution is 2.19. The SMILES string of the molecule is O=C(OCc1ccccc1)N1CCC[C@H](N2CCCNC2=O)C1. The van der Waals surface area contributed by atoms with E-state index in [2.05, 4.69) is 5.32 Å². The molecule has 0 unspecified atom stereocenters. The minimum absolute atomic E-state index is 0.0132. The molecule has 0 saturated carbocycles. The highest BCUT2D eigenvalue weighted by Gasteiger charge is 2.32. The third-order valence-corrected chi connectivity index (χ3v) is 4.41. The summed E-state index contributed by atoms with van der Waals surface area (Å²) in [5, 5.41) is 2.87. The van der Waals surface area contributed by atoms with Crippen LogP contribution in [0.5, 0.6) is 0 Å². The minimum atomic E-state index is -0.295. The molecule has 1 aromatic carbocycles. The maximum Gasteiger partial charge on any atom is 0.410 e. The summed E-state index contributed by atoms with van der Waals surface area (Å²) >= 11 is 0. The Balaban J connectivity index is 1.53. The Morgan fingerprint density at radius 1 is 1.22 bits per heavy atom. The lowest BCUT2D eigenvalue weighted by molar-refractivity contribution is 0.0650. The summed E-state index contributed by atoms with van der Waals surface area (Å²) in [5.41, 5.74) is 0.977. The summed E-state index contributed by atoms with van der Waals surface area (Å²) in [7, 11) is 0. The van der Waals surface area contributed by atoms with E-state index in [1.165, 1.54) is 0 Å². The van der Waals surface area contributed by atoms with Gasteiger partial charge in [0.05, 0.1) is 6.04 Å². The standard InChI is InChI=1S/C17H23N3O3/c21-16-18-9-5-11-20(16)15-8-4-10-19(12-15)17(22)23-13-14-6-2-1-3-7-14/h1-3,6-7,15H,4-5,8-13H2,(H,18,21)/t15-/m0/s1. The van der Waals surface area contributed by atoms with Crippen LogP contribution in [0.3, 0.4) is 0 Å². The molecule has 0 radical (unpaired) electrons. The van der Waals surface area contributed by atoms with E-state index >= 15 is 0 Å². The van der Waals surface area contributed by atoms with Crippen LogP contribution in [-0.2, 0) is 11.3 Å². The van der Waals surface area contributed by atoms with E-state index in [4.69, 9.17) is 4.74 Å². The van der Waals surface area contributed by atoms with Crippen LogP contribution in [0.15, 0.2) is 30.3 Å². The first-order valence-corrected chi connectivity index (χ1v) is 8.24. The molecule has 1 aromatic rings. The molecule has 2 aliphatic heterocycles. The van der Waals surface area contributed by atoms with Gasteiger partial charge in [-0.25, -0.2) is 9.59 Å². The summed E-state index contributed by atoms with van der Waals surface area (Å²) in [5.74, 6) is 0. The van der Waals surface area contributed by atoms with Crippen LogP contribution in [0, 0.1) is 0 Å². The summed E-state index contributed by atoms with van der Waals surface area (Å²) in [6.07, 6.45) is 2.50. The monoisotopic (exact) mass is 317 g/mol. The molecule has 124 valence electrons. The number of nitrogens with one attached hydrogen (secondary N) is 1. The molecular formula is C17H23N3O3. The van der Waals surface area contributed by atoms with Gasteiger partial charge in [0.25, 0.3) is 0 Å². The van der Waals surface area contributed by atoms with Gasteiger partial charge >= 0.3 is 12.1 Å². The Morgan fingerprint density at radius 3 is 2.83 bits per heavy atom. The van der Waals surface area contributed by atoms with Crippen LogP contribution in [0.4, 0.5) is 9.59 Å². The Morgan fingerprint density at radius 2 is 2.04 bits per heavy atom. The fourth-order valence-corrected chi connectivity index (χ4v) is 3.18. The number of likely N-dealkylation sites (tertiary alicyclic amines) is 1. The lowest BCUT2D eigenvalue weighted by Crippen LogP contribution is -2.56. The van der Waals surface area contributed by atoms with Crippen LogP contribution in [0.1, 0.15) is 24.8 Å². The van der Waals surface area contributed by atoms with Crippen molar-refractivity contribution in [2.24, 2.45) is 0 Å². The molecule has 0 spiro atoms. The fourth-order valence-electron chi connectivity index (χ4n) is 3.18. The average molecular weight is 317 g/mol. The van der Waals surface area contributed by atoms with Crippen molar-refractivity contribution in [2.45, 2.75) is 31.9 Å². The molecule has 2 saturated heterocycles. The first-order chi connectivity index (χ1) is 11.2. The highest BCUT2D eigenvalue weighted by atomic mass is 16.6. The van der Waals surface area contributed by atoms with E-state index in [1.54, 1.807) is 4.90 Å². The second-order valence-corrected chi connectivity index (χ2v) is 6.06. The van der Waals surface area contributed by atoms with Crippen molar-refractivity contribution in [1.82, 2.24) is 15.1 Å². The summed E-state index contributed by atoms with van der Waals surface area (Å²) < 4.78 is 5.40. The summed E-state index contributed by atoms with van der Waals surface area (Å²) in [6.45, 7) is 3.04. The molecule has 1 atom stereocenters. The molecule has 3 amide bonds. The lowest BCUT2D eigenvalue weighted by atomic mass is 10.0. The predicted octanol–water partition coefficient (Wildman–Crippen LogP) is 2.20. The summed E-state index contributed by atoms with van der Waals surface area (Å²) in [4.78, 5) is 27.8. The number of carbonyl (C=O) groups is 2. The van der Waals surface area contributed by atoms with Gasteiger partial charge in [0.2, 0.25) is 0 Å². The Labute approximate surface area is 136 Å². The summed E-state index contributed by atoms with van der Waals surface area (Å²) in [6, 6.07) is 9.73. The number of amides is 3. The van der Waals surface area contributed by atoms with Gasteiger partial charge in [-0.1, -0.05) is 30.3 Å². The molecule has 6 nitrogen and oxygen atoms in total. The Hall–Kier alpha value is -2.24. The van der Waals surface area contributed by atoms with E-state index in [0.717, 1.165) is 37.9 Å². The third-order valence-electron chi connectivity index (χ3n) is 4.41. The number of piperidine rings is 1. The number of carbonyl (C=O) groups excluding carboxylic acids is 2. The number of rotatable bonds is 3. The van der Waals surface area contributed by atoms with Crippen molar-refractivity contribution >= 4 is 12.1 Å². The van der Waals surface area contributed by atoms with Crippen molar-refractivity contribution in [3.05, 3.63) is 35.9 Å². The Bertz CT molecular complexity index is 549. The average Bonchev–Trinajstić information content (AvgIpc) is 2.61. The second kappa shape index (κ2) is 7.35. The molecule has 0 aromatic heterocycles. The molecule has 1 N–H and O–H groups in total. The number of urea groups is 1. The number of ether oxygens (including phenoxy) is 1. The maximum atomic E-state index is 12.3. The van der Waals surface area contributed by atoms with Crippen LogP contribution in [0.2, 0.25) is 0 Å². The molecule has 2 heterocycles. The van der Waals surface area contributed by atoms with Crippen molar-refractivity contribution in [2.75, 3.05) is 26.2 Å². The van der Waals surface area contributed by atoms with E-state index in [9.17, 15) is 9.59 Å². The first-order valence-electron chi connectivity index (χ1n) is 8.24. The van der Waals surface area contributed by atoms with Gasteiger partial charge in [-0.3, -0.25) is 0 Å². The van der Waals surface area contributed by atoms with E-state index < -0.39 is 0 Å². The number of nitrogens with zero attached hydrogens (tertiary/aromatic N) is 2. The van der Waals surface area contributed by atoms with Crippen molar-refractivity contribution in [3.63, 3.8) is 0 Å². The first kappa shape index (κ1) is 15.6. The van der Waals surface area contributed by atoms with Crippen molar-refractivity contribution in [1.29, 1.82) is 0 Å². The smallest absolute Gasteiger partial charge is 0.410 e. The lowest BCUT2D eigenvalue weighted by Gasteiger charge is -2.40. The second-order valence-electron chi connectivity index (χ2n) is 6.06. The fraction of sp³-hybridized carbons (Fsp3) is 0.529. The van der Waals surface area contributed by atoms with E-state index in [1.807, 2.05) is 35.2 Å². The normalized spacial score (nSPS) is 21.7. The molecule has 3 rings (SSSR count). The molecule has 6 heteroatoms. The molecule has 2 fully saturated rings. The zero-order chi connectivity index (χ0) is 16.1. The van der Waals surface area contributed by atoms with E-state index in [0.29, 0.717) is 13.1 Å². The van der Waals surface area contributed by atoms with Gasteiger partial charge < -0.3 is 19.9 Å². The number of hydrogen-bond donors (Lipinski definition) is 1. The van der Waals surface area contributed by atoms with Crippen LogP contribution < -0.4 is 5.32 Å². The van der Waals surface area contributed by atoms with E-state index in [-0.39, 0.29) is 24.8 Å². The highest BCUT2D eigenvalue weighted by molar-refractivity contribution is 5.75. The molecule has 23 heavy (non-hydrogen) atoms. The quantitative estimate of drug-likeness (QED) is 0.929. The third kappa shape index (κ3) is 3.94. The zero-order valence-corrected chi connectivity index (χ0v) is 13.2. The van der Waals surface area contributed by atoms with Crippen molar-refractivity contribution < 1.29 is 14.3 Å². The number of hydrogen-bond acceptors (Lipinski definition) is 3. The van der Waals surface area contributed by atoms with Crippen LogP contribution >= 0.6 is 0 Å². The number of benzene rings is 1. The maximum absolute atomic E-state index is 12.3. The van der Waals surface area contributed by atoms with Gasteiger partial charge in [0.1, 0.15) is 6.61 Å². The van der Waals surface area contributed by atoms with Crippen molar-refractivity contribution in [3.8, 4) is 0 Å². The minimum Gasteiger partial charge on any atom is -0.445 e. The molecular weight excluding hydrogens is 294 g/mol. The zero-order valence-electron chi connectivity index (χ0n) is 13.2. The largest absolute Gasteiger partial charge is 0.445 e. The molecule has 0 bridgehead atoms. The van der Waals surface area contributed by atoms with Gasteiger partial charge in [-0.05, 0) is 24.8 Å². The topological polar surface area (TPSA) is 61.9 Å². The molecule has 0 aliphatic carbocycles. The predicted molar refractivity (Wildman–Crippen MR) is 85.9 cm³/mol. The van der Waals surface area contributed by atoms with Gasteiger partial charge in [-0.2, -0.15) is 0 Å². The van der Waals surface area contributed by atoms with Gasteiger partial charge in [0, 0.05) is 26.2 Å². The molecule has 2 aliphatic rings.